The maximum absolute atomic E-state index is 10.6. The Hall–Kier alpha value is -1.35. The Labute approximate surface area is 96.7 Å². The van der Waals surface area contributed by atoms with Gasteiger partial charge >= 0.3 is 0 Å². The summed E-state index contributed by atoms with van der Waals surface area (Å²) in [6.45, 7) is 5.81. The number of aliphatic carboxylic acids is 1. The first-order valence-electron chi connectivity index (χ1n) is 5.70. The number of carboxylic acids is 1. The summed E-state index contributed by atoms with van der Waals surface area (Å²) in [7, 11) is 0. The van der Waals surface area contributed by atoms with Gasteiger partial charge in [-0.1, -0.05) is 36.8 Å². The van der Waals surface area contributed by atoms with Crippen LogP contribution in [0.25, 0.3) is 0 Å². The zero-order valence-electron chi connectivity index (χ0n) is 9.95. The van der Waals surface area contributed by atoms with E-state index in [0.29, 0.717) is 0 Å². The molecule has 1 aromatic carbocycles. The van der Waals surface area contributed by atoms with Crippen LogP contribution < -0.4 is 10.0 Å². The Kier molecular flexibility index (Phi) is 4.99. The van der Waals surface area contributed by atoms with Crippen LogP contribution in [0.3, 0.4) is 0 Å². The fourth-order valence-electron chi connectivity index (χ4n) is 1.91. The Morgan fingerprint density at radius 1 is 1.44 bits per heavy atom. The molecule has 1 atom stereocenters. The van der Waals surface area contributed by atoms with Crippen LogP contribution in [0.5, 0.6) is 0 Å². The number of rotatable bonds is 6. The smallest absolute Gasteiger partial charge is 0.118 e. The highest BCUT2D eigenvalue weighted by atomic mass is 16.4. The standard InChI is InChI=1S/C13H19NO2/c1-3-7-14(10-13(15)16)9-12-6-4-5-11(2)8-12/h4-6,8H,3,7,9-10H2,1-2H3,(H,15,16). The Morgan fingerprint density at radius 3 is 2.75 bits per heavy atom. The molecule has 16 heavy (non-hydrogen) atoms. The molecule has 0 aromatic heterocycles. The Balaban J connectivity index is 2.63. The predicted molar refractivity (Wildman–Crippen MR) is 60.9 cm³/mol. The molecular formula is C13H19NO2. The van der Waals surface area contributed by atoms with Gasteiger partial charge in [0.15, 0.2) is 0 Å². The molecule has 0 saturated carbocycles. The van der Waals surface area contributed by atoms with Crippen molar-refractivity contribution in [2.75, 3.05) is 13.1 Å². The number of nitrogens with one attached hydrogen (secondary N) is 1. The average Bonchev–Trinajstić information content (AvgIpc) is 2.16. The molecule has 0 aliphatic heterocycles. The number of benzene rings is 1. The van der Waals surface area contributed by atoms with Gasteiger partial charge in [-0.05, 0) is 13.3 Å². The van der Waals surface area contributed by atoms with Gasteiger partial charge < -0.3 is 14.8 Å². The normalized spacial score (nSPS) is 12.4. The van der Waals surface area contributed by atoms with Crippen molar-refractivity contribution in [3.8, 4) is 0 Å². The minimum atomic E-state index is -0.976. The minimum Gasteiger partial charge on any atom is -0.544 e. The van der Waals surface area contributed by atoms with Crippen molar-refractivity contribution in [3.63, 3.8) is 0 Å². The molecular weight excluding hydrogens is 202 g/mol. The summed E-state index contributed by atoms with van der Waals surface area (Å²) in [6, 6.07) is 8.19. The van der Waals surface area contributed by atoms with E-state index in [2.05, 4.69) is 13.0 Å². The molecule has 3 heteroatoms. The van der Waals surface area contributed by atoms with Crippen LogP contribution in [0.1, 0.15) is 24.5 Å². The first-order chi connectivity index (χ1) is 7.61. The van der Waals surface area contributed by atoms with Crippen molar-refractivity contribution < 1.29 is 14.8 Å². The number of hydrogen-bond donors (Lipinski definition) is 1. The molecule has 0 fully saturated rings. The lowest BCUT2D eigenvalue weighted by molar-refractivity contribution is -0.908. The second-order valence-corrected chi connectivity index (χ2v) is 4.21. The van der Waals surface area contributed by atoms with E-state index in [0.717, 1.165) is 24.4 Å². The maximum Gasteiger partial charge on any atom is 0.118 e. The van der Waals surface area contributed by atoms with Gasteiger partial charge in [0.25, 0.3) is 0 Å². The fraction of sp³-hybridized carbons (Fsp3) is 0.462. The third-order valence-corrected chi connectivity index (χ3v) is 2.53. The van der Waals surface area contributed by atoms with Crippen LogP contribution in [-0.2, 0) is 11.3 Å². The van der Waals surface area contributed by atoms with Gasteiger partial charge in [0.1, 0.15) is 13.1 Å². The summed E-state index contributed by atoms with van der Waals surface area (Å²) in [5.74, 6) is -0.976. The Bertz CT molecular complexity index is 350. The van der Waals surface area contributed by atoms with E-state index < -0.39 is 5.97 Å². The highest BCUT2D eigenvalue weighted by Crippen LogP contribution is 2.01. The van der Waals surface area contributed by atoms with Gasteiger partial charge in [-0.3, -0.25) is 0 Å². The molecule has 0 aliphatic rings. The molecule has 0 amide bonds. The van der Waals surface area contributed by atoms with Crippen molar-refractivity contribution in [2.45, 2.75) is 26.8 Å². The molecule has 1 rings (SSSR count). The maximum atomic E-state index is 10.6. The number of quaternary nitrogens is 1. The lowest BCUT2D eigenvalue weighted by atomic mass is 10.1. The van der Waals surface area contributed by atoms with Crippen LogP contribution in [0.15, 0.2) is 24.3 Å². The topological polar surface area (TPSA) is 44.6 Å². The summed E-state index contributed by atoms with van der Waals surface area (Å²) in [5.41, 5.74) is 2.39. The molecule has 3 nitrogen and oxygen atoms in total. The van der Waals surface area contributed by atoms with Gasteiger partial charge in [-0.2, -0.15) is 0 Å². The second kappa shape index (κ2) is 6.28. The van der Waals surface area contributed by atoms with Crippen molar-refractivity contribution in [1.82, 2.24) is 0 Å². The van der Waals surface area contributed by atoms with Crippen LogP contribution in [0.4, 0.5) is 0 Å². The average molecular weight is 221 g/mol. The van der Waals surface area contributed by atoms with Gasteiger partial charge in [-0.15, -0.1) is 0 Å². The molecule has 0 radical (unpaired) electrons. The van der Waals surface area contributed by atoms with E-state index in [1.54, 1.807) is 0 Å². The van der Waals surface area contributed by atoms with Gasteiger partial charge in [0, 0.05) is 5.56 Å². The molecule has 88 valence electrons. The predicted octanol–water partition coefficient (Wildman–Crippen LogP) is -0.460. The summed E-state index contributed by atoms with van der Waals surface area (Å²) >= 11 is 0. The SMILES string of the molecule is CCC[NH+](CC(=O)[O-])Cc1cccc(C)c1. The van der Waals surface area contributed by atoms with Gasteiger partial charge in [0.2, 0.25) is 0 Å². The number of aryl methyl sites for hydroxylation is 1. The molecule has 0 bridgehead atoms. The van der Waals surface area contributed by atoms with Crippen molar-refractivity contribution in [3.05, 3.63) is 35.4 Å². The fourth-order valence-corrected chi connectivity index (χ4v) is 1.91. The second-order valence-electron chi connectivity index (χ2n) is 4.21. The molecule has 0 heterocycles. The number of hydrogen-bond acceptors (Lipinski definition) is 2. The van der Waals surface area contributed by atoms with Gasteiger partial charge in [-0.25, -0.2) is 0 Å². The van der Waals surface area contributed by atoms with E-state index in [1.807, 2.05) is 25.1 Å². The van der Waals surface area contributed by atoms with Crippen molar-refractivity contribution >= 4 is 5.97 Å². The van der Waals surface area contributed by atoms with E-state index in [-0.39, 0.29) is 6.54 Å². The van der Waals surface area contributed by atoms with E-state index in [4.69, 9.17) is 0 Å². The summed E-state index contributed by atoms with van der Waals surface area (Å²) in [4.78, 5) is 11.7. The highest BCUT2D eigenvalue weighted by Gasteiger charge is 2.08. The van der Waals surface area contributed by atoms with Gasteiger partial charge in [0.05, 0.1) is 12.5 Å². The monoisotopic (exact) mass is 221 g/mol. The lowest BCUT2D eigenvalue weighted by Crippen LogP contribution is -3.12. The van der Waals surface area contributed by atoms with E-state index in [1.165, 1.54) is 11.1 Å². The largest absolute Gasteiger partial charge is 0.544 e. The molecule has 0 saturated heterocycles. The summed E-state index contributed by atoms with van der Waals surface area (Å²) in [5, 5.41) is 10.6. The molecule has 1 N–H and O–H groups in total. The zero-order valence-corrected chi connectivity index (χ0v) is 9.95. The van der Waals surface area contributed by atoms with E-state index >= 15 is 0 Å². The quantitative estimate of drug-likeness (QED) is 0.706. The third kappa shape index (κ3) is 4.45. The number of carboxylic acid groups (broad SMARTS) is 1. The molecule has 0 aliphatic carbocycles. The third-order valence-electron chi connectivity index (χ3n) is 2.53. The summed E-state index contributed by atoms with van der Waals surface area (Å²) < 4.78 is 0. The molecule has 0 spiro atoms. The van der Waals surface area contributed by atoms with Crippen molar-refractivity contribution in [1.29, 1.82) is 0 Å². The van der Waals surface area contributed by atoms with Crippen LogP contribution in [0, 0.1) is 6.92 Å². The molecule has 1 unspecified atom stereocenters. The van der Waals surface area contributed by atoms with Crippen LogP contribution in [0.2, 0.25) is 0 Å². The first kappa shape index (κ1) is 12.7. The summed E-state index contributed by atoms with van der Waals surface area (Å²) in [6.07, 6.45) is 0.981. The first-order valence-corrected chi connectivity index (χ1v) is 5.70. The number of carbonyl (C=O) groups excluding carboxylic acids is 1. The zero-order chi connectivity index (χ0) is 12.0. The Morgan fingerprint density at radius 2 is 2.19 bits per heavy atom. The number of carbonyl (C=O) groups is 1. The van der Waals surface area contributed by atoms with Crippen molar-refractivity contribution in [2.24, 2.45) is 0 Å². The van der Waals surface area contributed by atoms with Crippen LogP contribution >= 0.6 is 0 Å². The highest BCUT2D eigenvalue weighted by molar-refractivity contribution is 5.65. The lowest BCUT2D eigenvalue weighted by Gasteiger charge is -2.19. The minimum absolute atomic E-state index is 0.0851. The van der Waals surface area contributed by atoms with E-state index in [9.17, 15) is 9.90 Å². The molecule has 1 aromatic rings. The van der Waals surface area contributed by atoms with Crippen LogP contribution in [-0.4, -0.2) is 19.1 Å².